The molecule has 0 unspecified atom stereocenters. The van der Waals surface area contributed by atoms with Crippen molar-refractivity contribution in [3.63, 3.8) is 0 Å². The van der Waals surface area contributed by atoms with Crippen molar-refractivity contribution in [1.82, 2.24) is 14.5 Å². The van der Waals surface area contributed by atoms with E-state index in [-0.39, 0.29) is 5.91 Å². The Hall–Kier alpha value is -3.27. The number of para-hydroxylation sites is 1. The van der Waals surface area contributed by atoms with Crippen LogP contribution in [0.15, 0.2) is 79.1 Å². The number of hydrogen-bond acceptors (Lipinski definition) is 1. The van der Waals surface area contributed by atoms with Gasteiger partial charge in [0, 0.05) is 53.9 Å². The van der Waals surface area contributed by atoms with E-state index in [1.807, 2.05) is 58.3 Å². The number of amides is 1. The predicted molar refractivity (Wildman–Crippen MR) is 112 cm³/mol. The largest absolute Gasteiger partial charge is 0.358 e. The lowest BCUT2D eigenvalue weighted by Gasteiger charge is -2.31. The van der Waals surface area contributed by atoms with Gasteiger partial charge in [0.1, 0.15) is 0 Å². The minimum absolute atomic E-state index is 0.133. The monoisotopic (exact) mass is 369 g/mol. The second-order valence-corrected chi connectivity index (χ2v) is 7.52. The highest BCUT2D eigenvalue weighted by molar-refractivity contribution is 5.94. The fraction of sp³-hybridized carbons (Fsp3) is 0.208. The maximum absolute atomic E-state index is 12.9. The number of nitrogens with one attached hydrogen (secondary N) is 1. The molecule has 3 heterocycles. The lowest BCUT2D eigenvalue weighted by atomic mass is 9.93. The van der Waals surface area contributed by atoms with E-state index in [0.29, 0.717) is 5.92 Å². The van der Waals surface area contributed by atoms with Gasteiger partial charge in [0.15, 0.2) is 0 Å². The Morgan fingerprint density at radius 2 is 1.61 bits per heavy atom. The summed E-state index contributed by atoms with van der Waals surface area (Å²) in [6.45, 7) is 1.61. The molecule has 28 heavy (non-hydrogen) atoms. The van der Waals surface area contributed by atoms with Crippen molar-refractivity contribution in [2.24, 2.45) is 0 Å². The van der Waals surface area contributed by atoms with Crippen molar-refractivity contribution < 1.29 is 4.79 Å². The van der Waals surface area contributed by atoms with E-state index < -0.39 is 0 Å². The minimum Gasteiger partial charge on any atom is -0.358 e. The van der Waals surface area contributed by atoms with Crippen molar-refractivity contribution in [2.75, 3.05) is 13.1 Å². The first-order valence-electron chi connectivity index (χ1n) is 9.88. The summed E-state index contributed by atoms with van der Waals surface area (Å²) in [7, 11) is 0. The Morgan fingerprint density at radius 3 is 2.32 bits per heavy atom. The van der Waals surface area contributed by atoms with Crippen LogP contribution in [0.4, 0.5) is 0 Å². The van der Waals surface area contributed by atoms with Gasteiger partial charge in [0.25, 0.3) is 5.91 Å². The van der Waals surface area contributed by atoms with Gasteiger partial charge in [0.2, 0.25) is 0 Å². The van der Waals surface area contributed by atoms with E-state index in [9.17, 15) is 4.79 Å². The number of likely N-dealkylation sites (tertiary alicyclic amines) is 1. The summed E-state index contributed by atoms with van der Waals surface area (Å²) in [5.74, 6) is 0.627. The molecule has 2 aromatic carbocycles. The zero-order valence-corrected chi connectivity index (χ0v) is 15.7. The number of carbonyl (C=O) groups excluding carboxylic acids is 1. The van der Waals surface area contributed by atoms with Gasteiger partial charge in [-0.1, -0.05) is 18.2 Å². The van der Waals surface area contributed by atoms with Crippen molar-refractivity contribution >= 4 is 16.8 Å². The quantitative estimate of drug-likeness (QED) is 0.544. The fourth-order valence-corrected chi connectivity index (χ4v) is 4.17. The summed E-state index contributed by atoms with van der Waals surface area (Å²) >= 11 is 0. The first-order chi connectivity index (χ1) is 13.8. The zero-order valence-electron chi connectivity index (χ0n) is 15.7. The average Bonchev–Trinajstić information content (AvgIpc) is 3.43. The summed E-state index contributed by atoms with van der Waals surface area (Å²) in [5.41, 5.74) is 4.32. The molecular weight excluding hydrogens is 346 g/mol. The molecule has 1 aliphatic rings. The molecule has 4 nitrogen and oxygen atoms in total. The van der Waals surface area contributed by atoms with Crippen LogP contribution in [0.5, 0.6) is 0 Å². The first-order valence-corrected chi connectivity index (χ1v) is 9.88. The van der Waals surface area contributed by atoms with Crippen LogP contribution in [0, 0.1) is 0 Å². The van der Waals surface area contributed by atoms with Gasteiger partial charge >= 0.3 is 0 Å². The number of aromatic nitrogens is 2. The number of nitrogens with zero attached hydrogens (tertiary/aromatic N) is 2. The molecule has 140 valence electrons. The molecule has 4 heteroatoms. The molecule has 1 fully saturated rings. The highest BCUT2D eigenvalue weighted by atomic mass is 16.2. The summed E-state index contributed by atoms with van der Waals surface area (Å²) < 4.78 is 2.04. The highest BCUT2D eigenvalue weighted by Crippen LogP contribution is 2.30. The van der Waals surface area contributed by atoms with E-state index in [1.54, 1.807) is 0 Å². The van der Waals surface area contributed by atoms with Crippen LogP contribution in [0.3, 0.4) is 0 Å². The number of fused-ring (bicyclic) bond motifs is 1. The summed E-state index contributed by atoms with van der Waals surface area (Å²) in [6.07, 6.45) is 6.01. The lowest BCUT2D eigenvalue weighted by molar-refractivity contribution is 0.0712. The molecule has 1 saturated heterocycles. The van der Waals surface area contributed by atoms with Crippen molar-refractivity contribution in [3.05, 3.63) is 90.4 Å². The Morgan fingerprint density at radius 1 is 0.893 bits per heavy atom. The third kappa shape index (κ3) is 3.11. The number of benzene rings is 2. The normalized spacial score (nSPS) is 15.2. The molecule has 1 amide bonds. The van der Waals surface area contributed by atoms with Crippen LogP contribution < -0.4 is 0 Å². The first kappa shape index (κ1) is 16.9. The SMILES string of the molecule is O=C(c1ccc(-n2cccc2)cc1)N1CCC(c2cc3ccccc3[nH]2)CC1. The molecule has 0 aliphatic carbocycles. The molecule has 5 rings (SSSR count). The number of hydrogen-bond donors (Lipinski definition) is 1. The number of carbonyl (C=O) groups is 1. The third-order valence-electron chi connectivity index (χ3n) is 5.79. The Balaban J connectivity index is 1.25. The fourth-order valence-electron chi connectivity index (χ4n) is 4.17. The van der Waals surface area contributed by atoms with Crippen LogP contribution in [0.2, 0.25) is 0 Å². The van der Waals surface area contributed by atoms with Crippen LogP contribution in [-0.4, -0.2) is 33.4 Å². The van der Waals surface area contributed by atoms with Crippen molar-refractivity contribution in [3.8, 4) is 5.69 Å². The molecule has 0 radical (unpaired) electrons. The molecular formula is C24H23N3O. The third-order valence-corrected chi connectivity index (χ3v) is 5.79. The smallest absolute Gasteiger partial charge is 0.253 e. The van der Waals surface area contributed by atoms with Crippen molar-refractivity contribution in [2.45, 2.75) is 18.8 Å². The standard InChI is InChI=1S/C24H23N3O/c28-24(19-7-9-21(10-8-19)26-13-3-4-14-26)27-15-11-18(12-16-27)23-17-20-5-1-2-6-22(20)25-23/h1-10,13-14,17-18,25H,11-12,15-16H2. The van der Waals surface area contributed by atoms with Gasteiger partial charge < -0.3 is 14.5 Å². The van der Waals surface area contributed by atoms with E-state index >= 15 is 0 Å². The average molecular weight is 369 g/mol. The number of H-pyrrole nitrogens is 1. The number of rotatable bonds is 3. The van der Waals surface area contributed by atoms with Gasteiger partial charge in [-0.15, -0.1) is 0 Å². The Labute approximate surface area is 164 Å². The van der Waals surface area contributed by atoms with Crippen LogP contribution >= 0.6 is 0 Å². The zero-order chi connectivity index (χ0) is 18.9. The number of aromatic amines is 1. The second kappa shape index (κ2) is 7.04. The number of piperidine rings is 1. The van der Waals surface area contributed by atoms with Gasteiger partial charge in [0.05, 0.1) is 0 Å². The topological polar surface area (TPSA) is 41.0 Å². The summed E-state index contributed by atoms with van der Waals surface area (Å²) in [4.78, 5) is 18.4. The molecule has 0 bridgehead atoms. The minimum atomic E-state index is 0.133. The molecule has 4 aromatic rings. The maximum atomic E-state index is 12.9. The summed E-state index contributed by atoms with van der Waals surface area (Å²) in [5, 5.41) is 1.26. The summed E-state index contributed by atoms with van der Waals surface area (Å²) in [6, 6.07) is 22.5. The van der Waals surface area contributed by atoms with Gasteiger partial charge in [-0.2, -0.15) is 0 Å². The predicted octanol–water partition coefficient (Wildman–Crippen LogP) is 4.98. The van der Waals surface area contributed by atoms with E-state index in [0.717, 1.165) is 37.2 Å². The molecule has 0 saturated carbocycles. The lowest BCUT2D eigenvalue weighted by Crippen LogP contribution is -2.38. The Bertz CT molecular complexity index is 1050. The van der Waals surface area contributed by atoms with E-state index in [2.05, 4.69) is 35.3 Å². The van der Waals surface area contributed by atoms with E-state index in [4.69, 9.17) is 0 Å². The van der Waals surface area contributed by atoms with Gasteiger partial charge in [-0.3, -0.25) is 4.79 Å². The molecule has 1 N–H and O–H groups in total. The van der Waals surface area contributed by atoms with Crippen molar-refractivity contribution in [1.29, 1.82) is 0 Å². The maximum Gasteiger partial charge on any atom is 0.253 e. The molecule has 2 aromatic heterocycles. The highest BCUT2D eigenvalue weighted by Gasteiger charge is 2.25. The van der Waals surface area contributed by atoms with Gasteiger partial charge in [-0.05, 0) is 66.8 Å². The molecule has 1 aliphatic heterocycles. The second-order valence-electron chi connectivity index (χ2n) is 7.52. The van der Waals surface area contributed by atoms with Crippen LogP contribution in [-0.2, 0) is 0 Å². The van der Waals surface area contributed by atoms with Crippen LogP contribution in [0.1, 0.15) is 34.8 Å². The van der Waals surface area contributed by atoms with Gasteiger partial charge in [-0.25, -0.2) is 0 Å². The van der Waals surface area contributed by atoms with Crippen LogP contribution in [0.25, 0.3) is 16.6 Å². The van der Waals surface area contributed by atoms with E-state index in [1.165, 1.54) is 16.6 Å². The molecule has 0 atom stereocenters. The Kier molecular flexibility index (Phi) is 4.24. The molecule has 0 spiro atoms.